The van der Waals surface area contributed by atoms with Crippen molar-refractivity contribution in [3.05, 3.63) is 253 Å². The largest absolute Gasteiger partial charge is 0.228 e. The molecule has 0 fully saturated rings. The van der Waals surface area contributed by atoms with E-state index in [-0.39, 0.29) is 0 Å². The fourth-order valence-corrected chi connectivity index (χ4v) is 9.91. The van der Waals surface area contributed by atoms with Crippen LogP contribution in [0.1, 0.15) is 22.3 Å². The van der Waals surface area contributed by atoms with Crippen LogP contribution in [0.3, 0.4) is 0 Å². The lowest BCUT2D eigenvalue weighted by Crippen LogP contribution is -2.28. The average molecular weight is 775 g/mol. The summed E-state index contributed by atoms with van der Waals surface area (Å²) in [7, 11) is 0. The number of fused-ring (bicyclic) bond motifs is 6. The number of hydrogen-bond acceptors (Lipinski definition) is 2. The van der Waals surface area contributed by atoms with Crippen molar-refractivity contribution in [2.24, 2.45) is 0 Å². The first-order chi connectivity index (χ1) is 30.2. The molecule has 10 aromatic carbocycles. The Morgan fingerprint density at radius 3 is 1.48 bits per heavy atom. The molecule has 0 bridgehead atoms. The van der Waals surface area contributed by atoms with Gasteiger partial charge >= 0.3 is 0 Å². The van der Waals surface area contributed by atoms with E-state index in [4.69, 9.17) is 9.97 Å². The molecule has 1 aromatic heterocycles. The van der Waals surface area contributed by atoms with Crippen LogP contribution < -0.4 is 0 Å². The molecule has 0 saturated heterocycles. The van der Waals surface area contributed by atoms with Gasteiger partial charge in [-0.15, -0.1) is 0 Å². The molecule has 2 heteroatoms. The third-order valence-electron chi connectivity index (χ3n) is 12.7. The monoisotopic (exact) mass is 774 g/mol. The van der Waals surface area contributed by atoms with Gasteiger partial charge in [-0.1, -0.05) is 194 Å². The highest BCUT2D eigenvalue weighted by molar-refractivity contribution is 6.05. The van der Waals surface area contributed by atoms with Crippen LogP contribution in [0.25, 0.3) is 88.5 Å². The van der Waals surface area contributed by atoms with Gasteiger partial charge in [-0.25, -0.2) is 9.97 Å². The number of hydrogen-bond donors (Lipinski definition) is 0. The molecule has 1 aliphatic rings. The second-order valence-electron chi connectivity index (χ2n) is 16.1. The first-order valence-corrected chi connectivity index (χ1v) is 21.0. The van der Waals surface area contributed by atoms with Gasteiger partial charge in [-0.05, 0) is 113 Å². The molecule has 2 nitrogen and oxygen atoms in total. The zero-order valence-electron chi connectivity index (χ0n) is 33.3. The zero-order chi connectivity index (χ0) is 40.3. The number of benzene rings is 10. The van der Waals surface area contributed by atoms with Crippen LogP contribution in [0.2, 0.25) is 0 Å². The Kier molecular flexibility index (Phi) is 8.11. The SMILES string of the molecule is c1ccc(-c2cc(-c3ccc4ccccc4c3)nc(-c3ccc(-c4ccc5c(c4)-c4cc6ccccc6cc4C5(c4ccccc4)c4ccccc4)c4ccccc34)n2)cc1. The number of rotatable bonds is 6. The van der Waals surface area contributed by atoms with E-state index in [1.165, 1.54) is 66.1 Å². The fraction of sp³-hybridized carbons (Fsp3) is 0.0169. The van der Waals surface area contributed by atoms with Crippen LogP contribution in [-0.4, -0.2) is 9.97 Å². The van der Waals surface area contributed by atoms with Crippen molar-refractivity contribution in [1.29, 1.82) is 0 Å². The van der Waals surface area contributed by atoms with E-state index in [2.05, 4.69) is 224 Å². The first-order valence-electron chi connectivity index (χ1n) is 21.0. The average Bonchev–Trinajstić information content (AvgIpc) is 3.62. The number of nitrogens with zero attached hydrogens (tertiary/aromatic N) is 2. The summed E-state index contributed by atoms with van der Waals surface area (Å²) in [4.78, 5) is 10.6. The second kappa shape index (κ2) is 14.1. The maximum absolute atomic E-state index is 5.32. The van der Waals surface area contributed by atoms with Crippen LogP contribution in [0.15, 0.2) is 231 Å². The van der Waals surface area contributed by atoms with E-state index in [1.54, 1.807) is 0 Å². The molecule has 0 radical (unpaired) electrons. The predicted molar refractivity (Wildman–Crippen MR) is 254 cm³/mol. The molecule has 0 saturated carbocycles. The smallest absolute Gasteiger partial charge is 0.161 e. The van der Waals surface area contributed by atoms with Gasteiger partial charge in [0.05, 0.1) is 16.8 Å². The number of aromatic nitrogens is 2. The molecular formula is C59H38N2. The molecule has 61 heavy (non-hydrogen) atoms. The van der Waals surface area contributed by atoms with Gasteiger partial charge in [-0.3, -0.25) is 0 Å². The minimum Gasteiger partial charge on any atom is -0.228 e. The highest BCUT2D eigenvalue weighted by atomic mass is 14.9. The topological polar surface area (TPSA) is 25.8 Å². The highest BCUT2D eigenvalue weighted by Crippen LogP contribution is 2.57. The van der Waals surface area contributed by atoms with Crippen molar-refractivity contribution < 1.29 is 0 Å². The molecule has 0 unspecified atom stereocenters. The molecule has 1 heterocycles. The van der Waals surface area contributed by atoms with Crippen LogP contribution in [0.4, 0.5) is 0 Å². The Morgan fingerprint density at radius 2 is 0.787 bits per heavy atom. The molecule has 0 N–H and O–H groups in total. The Morgan fingerprint density at radius 1 is 0.279 bits per heavy atom. The first kappa shape index (κ1) is 35.0. The Hall–Kier alpha value is -7.94. The zero-order valence-corrected chi connectivity index (χ0v) is 33.3. The highest BCUT2D eigenvalue weighted by Gasteiger charge is 2.46. The molecule has 1 aliphatic carbocycles. The van der Waals surface area contributed by atoms with Crippen molar-refractivity contribution in [2.75, 3.05) is 0 Å². The van der Waals surface area contributed by atoms with Crippen LogP contribution in [0, 0.1) is 0 Å². The molecule has 11 aromatic rings. The summed E-state index contributed by atoms with van der Waals surface area (Å²) in [5.41, 5.74) is 14.5. The van der Waals surface area contributed by atoms with Crippen molar-refractivity contribution in [1.82, 2.24) is 9.97 Å². The third kappa shape index (κ3) is 5.64. The molecular weight excluding hydrogens is 737 g/mol. The Labute approximate surface area is 355 Å². The van der Waals surface area contributed by atoms with Gasteiger partial charge < -0.3 is 0 Å². The van der Waals surface area contributed by atoms with Crippen LogP contribution >= 0.6 is 0 Å². The van der Waals surface area contributed by atoms with Crippen molar-refractivity contribution in [3.63, 3.8) is 0 Å². The van der Waals surface area contributed by atoms with Gasteiger partial charge in [0.1, 0.15) is 0 Å². The van der Waals surface area contributed by atoms with Crippen LogP contribution in [0.5, 0.6) is 0 Å². The van der Waals surface area contributed by atoms with E-state index < -0.39 is 5.41 Å². The minimum atomic E-state index is -0.481. The quantitative estimate of drug-likeness (QED) is 0.168. The van der Waals surface area contributed by atoms with E-state index in [0.29, 0.717) is 5.82 Å². The van der Waals surface area contributed by atoms with E-state index in [0.717, 1.165) is 38.9 Å². The lowest BCUT2D eigenvalue weighted by molar-refractivity contribution is 0.769. The van der Waals surface area contributed by atoms with Gasteiger partial charge in [-0.2, -0.15) is 0 Å². The van der Waals surface area contributed by atoms with Gasteiger partial charge in [0, 0.05) is 16.7 Å². The molecule has 0 amide bonds. The van der Waals surface area contributed by atoms with Gasteiger partial charge in [0.25, 0.3) is 0 Å². The normalized spacial score (nSPS) is 12.7. The van der Waals surface area contributed by atoms with Crippen molar-refractivity contribution in [3.8, 4) is 56.2 Å². The van der Waals surface area contributed by atoms with Gasteiger partial charge in [0.15, 0.2) is 5.82 Å². The van der Waals surface area contributed by atoms with Crippen molar-refractivity contribution >= 4 is 32.3 Å². The van der Waals surface area contributed by atoms with Gasteiger partial charge in [0.2, 0.25) is 0 Å². The van der Waals surface area contributed by atoms with Crippen molar-refractivity contribution in [2.45, 2.75) is 5.41 Å². The van der Waals surface area contributed by atoms with E-state index in [1.807, 2.05) is 6.07 Å². The Bertz CT molecular complexity index is 3420. The van der Waals surface area contributed by atoms with Crippen LogP contribution in [-0.2, 0) is 5.41 Å². The molecule has 0 aliphatic heterocycles. The summed E-state index contributed by atoms with van der Waals surface area (Å²) < 4.78 is 0. The molecule has 284 valence electrons. The second-order valence-corrected chi connectivity index (χ2v) is 16.1. The summed E-state index contributed by atoms with van der Waals surface area (Å²) in [5, 5.41) is 7.16. The third-order valence-corrected chi connectivity index (χ3v) is 12.7. The fourth-order valence-electron chi connectivity index (χ4n) is 9.91. The summed E-state index contributed by atoms with van der Waals surface area (Å²) >= 11 is 0. The molecule has 0 spiro atoms. The molecule has 12 rings (SSSR count). The lowest BCUT2D eigenvalue weighted by Gasteiger charge is -2.34. The standard InChI is InChI=1S/C59H38N2/c1-4-17-40(18-5-1)56-38-57(45-29-28-39-16-10-11-19-41(39)34-45)61-58(60-56)51-32-31-48(49-26-14-15-27-50(49)51)44-30-33-54-52(36-44)53-35-42-20-12-13-21-43(42)37-55(53)59(54,46-22-6-2-7-23-46)47-24-8-3-9-25-47/h1-38H. The minimum absolute atomic E-state index is 0.481. The summed E-state index contributed by atoms with van der Waals surface area (Å²) in [6, 6.07) is 83.7. The summed E-state index contributed by atoms with van der Waals surface area (Å²) in [6.07, 6.45) is 0. The molecule has 0 atom stereocenters. The maximum atomic E-state index is 5.32. The van der Waals surface area contributed by atoms with E-state index in [9.17, 15) is 0 Å². The Balaban J connectivity index is 1.06. The van der Waals surface area contributed by atoms with E-state index >= 15 is 0 Å². The summed E-state index contributed by atoms with van der Waals surface area (Å²) in [5.74, 6) is 0.706. The summed E-state index contributed by atoms with van der Waals surface area (Å²) in [6.45, 7) is 0. The maximum Gasteiger partial charge on any atom is 0.161 e. The predicted octanol–water partition coefficient (Wildman–Crippen LogP) is 15.0. The lowest BCUT2D eigenvalue weighted by atomic mass is 9.67.